The molecular formula is C21H23NO4. The molecule has 26 heavy (non-hydrogen) atoms. The van der Waals surface area contributed by atoms with Crippen molar-refractivity contribution in [2.24, 2.45) is 11.8 Å². The highest BCUT2D eigenvalue weighted by molar-refractivity contribution is 5.82. The SMILES string of the molecule is COc1ccc([C@@H](NC(=O)COC(=O)[C@@H]2C[C@@H]2C)c2ccccc2)cc1. The molecule has 0 saturated heterocycles. The number of rotatable bonds is 7. The molecule has 1 aliphatic rings. The average Bonchev–Trinajstić information content (AvgIpc) is 3.42. The molecule has 0 heterocycles. The Hall–Kier alpha value is -2.82. The zero-order valence-corrected chi connectivity index (χ0v) is 15.0. The molecule has 0 aliphatic heterocycles. The van der Waals surface area contributed by atoms with Crippen LogP contribution in [0.3, 0.4) is 0 Å². The Balaban J connectivity index is 1.69. The summed E-state index contributed by atoms with van der Waals surface area (Å²) >= 11 is 0. The van der Waals surface area contributed by atoms with Crippen LogP contribution in [-0.2, 0) is 14.3 Å². The van der Waals surface area contributed by atoms with Crippen LogP contribution in [0.25, 0.3) is 0 Å². The molecule has 2 aromatic carbocycles. The Bertz CT molecular complexity index is 757. The summed E-state index contributed by atoms with van der Waals surface area (Å²) in [6.45, 7) is 1.74. The number of hydrogen-bond acceptors (Lipinski definition) is 4. The van der Waals surface area contributed by atoms with Gasteiger partial charge in [-0.3, -0.25) is 9.59 Å². The minimum absolute atomic E-state index is 0.0469. The van der Waals surface area contributed by atoms with E-state index in [2.05, 4.69) is 5.32 Å². The Morgan fingerprint density at radius 2 is 1.69 bits per heavy atom. The lowest BCUT2D eigenvalue weighted by molar-refractivity contribution is -0.150. The largest absolute Gasteiger partial charge is 0.497 e. The third-order valence-electron chi connectivity index (χ3n) is 4.65. The van der Waals surface area contributed by atoms with Crippen LogP contribution < -0.4 is 10.1 Å². The molecule has 0 unspecified atom stereocenters. The predicted octanol–water partition coefficient (Wildman–Crippen LogP) is 3.10. The number of ether oxygens (including phenoxy) is 2. The molecule has 0 bridgehead atoms. The van der Waals surface area contributed by atoms with Crippen LogP contribution in [0.2, 0.25) is 0 Å². The van der Waals surface area contributed by atoms with Crippen molar-refractivity contribution < 1.29 is 19.1 Å². The fourth-order valence-electron chi connectivity index (χ4n) is 2.90. The summed E-state index contributed by atoms with van der Waals surface area (Å²) in [5.41, 5.74) is 1.88. The highest BCUT2D eigenvalue weighted by atomic mass is 16.5. The predicted molar refractivity (Wildman–Crippen MR) is 97.7 cm³/mol. The highest BCUT2D eigenvalue weighted by Crippen LogP contribution is 2.38. The summed E-state index contributed by atoms with van der Waals surface area (Å²) in [6.07, 6.45) is 0.846. The second-order valence-electron chi connectivity index (χ2n) is 6.61. The molecule has 1 aliphatic carbocycles. The lowest BCUT2D eigenvalue weighted by Gasteiger charge is -2.20. The van der Waals surface area contributed by atoms with Crippen LogP contribution in [0.4, 0.5) is 0 Å². The first kappa shape index (κ1) is 18.0. The van der Waals surface area contributed by atoms with Gasteiger partial charge in [-0.2, -0.15) is 0 Å². The van der Waals surface area contributed by atoms with Crippen molar-refractivity contribution in [3.05, 3.63) is 65.7 Å². The molecule has 3 rings (SSSR count). The standard InChI is InChI=1S/C21H23NO4/c1-14-12-18(14)21(24)26-13-19(23)22-20(15-6-4-3-5-7-15)16-8-10-17(25-2)11-9-16/h3-11,14,18,20H,12-13H2,1-2H3,(H,22,23)/t14-,18+,20-/m0/s1. The first-order chi connectivity index (χ1) is 12.6. The Morgan fingerprint density at radius 3 is 2.27 bits per heavy atom. The van der Waals surface area contributed by atoms with Crippen molar-refractivity contribution in [3.63, 3.8) is 0 Å². The molecule has 5 nitrogen and oxygen atoms in total. The van der Waals surface area contributed by atoms with E-state index >= 15 is 0 Å². The molecule has 5 heteroatoms. The fourth-order valence-corrected chi connectivity index (χ4v) is 2.90. The van der Waals surface area contributed by atoms with E-state index < -0.39 is 0 Å². The normalized spacial score (nSPS) is 19.3. The Kier molecular flexibility index (Phi) is 5.56. The van der Waals surface area contributed by atoms with Crippen molar-refractivity contribution in [2.45, 2.75) is 19.4 Å². The van der Waals surface area contributed by atoms with Crippen LogP contribution in [0.5, 0.6) is 5.75 Å². The summed E-state index contributed by atoms with van der Waals surface area (Å²) < 4.78 is 10.3. The van der Waals surface area contributed by atoms with Crippen molar-refractivity contribution in [1.82, 2.24) is 5.32 Å². The number of benzene rings is 2. The first-order valence-electron chi connectivity index (χ1n) is 8.73. The van der Waals surface area contributed by atoms with Gasteiger partial charge in [0.25, 0.3) is 5.91 Å². The van der Waals surface area contributed by atoms with Gasteiger partial charge in [0.05, 0.1) is 19.1 Å². The molecule has 1 fully saturated rings. The summed E-state index contributed by atoms with van der Waals surface area (Å²) in [6, 6.07) is 16.9. The number of amides is 1. The topological polar surface area (TPSA) is 64.6 Å². The van der Waals surface area contributed by atoms with E-state index in [0.717, 1.165) is 23.3 Å². The van der Waals surface area contributed by atoms with Gasteiger partial charge in [0.2, 0.25) is 0 Å². The molecule has 3 atom stereocenters. The van der Waals surface area contributed by atoms with Gasteiger partial charge in [-0.1, -0.05) is 49.4 Å². The van der Waals surface area contributed by atoms with Gasteiger partial charge in [0, 0.05) is 0 Å². The lowest BCUT2D eigenvalue weighted by Crippen LogP contribution is -2.33. The maximum atomic E-state index is 12.3. The number of hydrogen-bond donors (Lipinski definition) is 1. The highest BCUT2D eigenvalue weighted by Gasteiger charge is 2.40. The van der Waals surface area contributed by atoms with Crippen molar-refractivity contribution >= 4 is 11.9 Å². The molecule has 1 saturated carbocycles. The van der Waals surface area contributed by atoms with Crippen LogP contribution in [0.15, 0.2) is 54.6 Å². The molecule has 0 aromatic heterocycles. The Morgan fingerprint density at radius 1 is 1.08 bits per heavy atom. The molecule has 136 valence electrons. The second-order valence-corrected chi connectivity index (χ2v) is 6.61. The number of esters is 1. The van der Waals surface area contributed by atoms with Crippen LogP contribution in [0, 0.1) is 11.8 Å². The van der Waals surface area contributed by atoms with Gasteiger partial charge >= 0.3 is 5.97 Å². The van der Waals surface area contributed by atoms with Gasteiger partial charge in [-0.05, 0) is 35.6 Å². The quantitative estimate of drug-likeness (QED) is 0.777. The fraction of sp³-hybridized carbons (Fsp3) is 0.333. The lowest BCUT2D eigenvalue weighted by atomic mass is 9.98. The number of methoxy groups -OCH3 is 1. The van der Waals surface area contributed by atoms with E-state index in [-0.39, 0.29) is 30.4 Å². The van der Waals surface area contributed by atoms with Gasteiger partial charge in [-0.25, -0.2) is 0 Å². The molecule has 2 aromatic rings. The van der Waals surface area contributed by atoms with E-state index in [1.807, 2.05) is 61.5 Å². The van der Waals surface area contributed by atoms with Crippen molar-refractivity contribution in [3.8, 4) is 5.75 Å². The third-order valence-corrected chi connectivity index (χ3v) is 4.65. The second kappa shape index (κ2) is 8.04. The maximum absolute atomic E-state index is 12.3. The maximum Gasteiger partial charge on any atom is 0.309 e. The van der Waals surface area contributed by atoms with E-state index in [1.54, 1.807) is 7.11 Å². The van der Waals surface area contributed by atoms with E-state index in [9.17, 15) is 9.59 Å². The summed E-state index contributed by atoms with van der Waals surface area (Å²) in [5.74, 6) is 0.459. The van der Waals surface area contributed by atoms with Gasteiger partial charge in [0.1, 0.15) is 5.75 Å². The van der Waals surface area contributed by atoms with Crippen molar-refractivity contribution in [1.29, 1.82) is 0 Å². The van der Waals surface area contributed by atoms with E-state index in [4.69, 9.17) is 9.47 Å². The van der Waals surface area contributed by atoms with E-state index in [1.165, 1.54) is 0 Å². The molecule has 0 radical (unpaired) electrons. The van der Waals surface area contributed by atoms with Gasteiger partial charge in [-0.15, -0.1) is 0 Å². The third kappa shape index (κ3) is 4.42. The van der Waals surface area contributed by atoms with E-state index in [0.29, 0.717) is 5.92 Å². The molecular weight excluding hydrogens is 330 g/mol. The monoisotopic (exact) mass is 353 g/mol. The molecule has 0 spiro atoms. The molecule has 1 N–H and O–H groups in total. The minimum atomic E-state index is -0.326. The zero-order valence-electron chi connectivity index (χ0n) is 15.0. The van der Waals surface area contributed by atoms with Crippen LogP contribution in [-0.4, -0.2) is 25.6 Å². The summed E-state index contributed by atoms with van der Waals surface area (Å²) in [4.78, 5) is 24.1. The van der Waals surface area contributed by atoms with Crippen molar-refractivity contribution in [2.75, 3.05) is 13.7 Å². The Labute approximate surface area is 153 Å². The first-order valence-corrected chi connectivity index (χ1v) is 8.73. The zero-order chi connectivity index (χ0) is 18.5. The van der Waals surface area contributed by atoms with Crippen LogP contribution >= 0.6 is 0 Å². The molecule has 1 amide bonds. The van der Waals surface area contributed by atoms with Gasteiger partial charge < -0.3 is 14.8 Å². The van der Waals surface area contributed by atoms with Gasteiger partial charge in [0.15, 0.2) is 6.61 Å². The summed E-state index contributed by atoms with van der Waals surface area (Å²) in [5, 5.41) is 2.96. The number of carbonyl (C=O) groups excluding carboxylic acids is 2. The average molecular weight is 353 g/mol. The van der Waals surface area contributed by atoms with Crippen LogP contribution in [0.1, 0.15) is 30.5 Å². The number of carbonyl (C=O) groups is 2. The summed E-state index contributed by atoms with van der Waals surface area (Å²) in [7, 11) is 1.61. The number of nitrogens with one attached hydrogen (secondary N) is 1. The minimum Gasteiger partial charge on any atom is -0.497 e. The smallest absolute Gasteiger partial charge is 0.309 e.